The molecule has 0 fully saturated rings. The molecule has 0 saturated heterocycles. The SMILES string of the molecule is NC(=O)Cn1c(O)c(-c2cccc(F)c2)c(=O)[nH]c1=O. The first-order chi connectivity index (χ1) is 9.40. The molecule has 20 heavy (non-hydrogen) atoms. The van der Waals surface area contributed by atoms with Crippen LogP contribution in [0, 0.1) is 5.82 Å². The highest BCUT2D eigenvalue weighted by molar-refractivity contribution is 5.74. The number of aromatic nitrogens is 2. The Hall–Kier alpha value is -2.90. The van der Waals surface area contributed by atoms with Crippen LogP contribution in [0.3, 0.4) is 0 Å². The van der Waals surface area contributed by atoms with E-state index in [0.29, 0.717) is 4.57 Å². The monoisotopic (exact) mass is 279 g/mol. The number of aromatic hydroxyl groups is 1. The van der Waals surface area contributed by atoms with Crippen molar-refractivity contribution in [3.8, 4) is 17.0 Å². The Morgan fingerprint density at radius 1 is 1.40 bits per heavy atom. The Morgan fingerprint density at radius 3 is 2.70 bits per heavy atom. The molecule has 104 valence electrons. The first-order valence-corrected chi connectivity index (χ1v) is 5.50. The van der Waals surface area contributed by atoms with Crippen LogP contribution < -0.4 is 17.0 Å². The minimum Gasteiger partial charge on any atom is -0.494 e. The third kappa shape index (κ3) is 2.44. The van der Waals surface area contributed by atoms with Crippen LogP contribution in [0.1, 0.15) is 0 Å². The lowest BCUT2D eigenvalue weighted by molar-refractivity contribution is -0.118. The van der Waals surface area contributed by atoms with Crippen molar-refractivity contribution in [2.75, 3.05) is 0 Å². The number of benzene rings is 1. The topological polar surface area (TPSA) is 118 Å². The Morgan fingerprint density at radius 2 is 2.10 bits per heavy atom. The van der Waals surface area contributed by atoms with Crippen molar-refractivity contribution < 1.29 is 14.3 Å². The number of nitrogens with two attached hydrogens (primary N) is 1. The van der Waals surface area contributed by atoms with Gasteiger partial charge in [-0.1, -0.05) is 12.1 Å². The molecule has 0 radical (unpaired) electrons. The van der Waals surface area contributed by atoms with E-state index in [9.17, 15) is 23.9 Å². The summed E-state index contributed by atoms with van der Waals surface area (Å²) in [5.74, 6) is -2.24. The van der Waals surface area contributed by atoms with Crippen LogP contribution in [0.2, 0.25) is 0 Å². The van der Waals surface area contributed by atoms with E-state index in [1.807, 2.05) is 4.98 Å². The first kappa shape index (κ1) is 13.5. The summed E-state index contributed by atoms with van der Waals surface area (Å²) in [6.07, 6.45) is 0. The lowest BCUT2D eigenvalue weighted by Crippen LogP contribution is -2.34. The van der Waals surface area contributed by atoms with Gasteiger partial charge in [0, 0.05) is 0 Å². The van der Waals surface area contributed by atoms with Crippen LogP contribution in [-0.4, -0.2) is 20.6 Å². The van der Waals surface area contributed by atoms with Gasteiger partial charge in [-0.2, -0.15) is 0 Å². The predicted molar refractivity (Wildman–Crippen MR) is 67.6 cm³/mol. The summed E-state index contributed by atoms with van der Waals surface area (Å²) in [6, 6.07) is 4.90. The summed E-state index contributed by atoms with van der Waals surface area (Å²) in [5.41, 5.74) is 2.84. The normalized spacial score (nSPS) is 10.4. The van der Waals surface area contributed by atoms with Crippen molar-refractivity contribution in [2.24, 2.45) is 5.73 Å². The molecule has 7 nitrogen and oxygen atoms in total. The molecule has 0 bridgehead atoms. The number of aromatic amines is 1. The first-order valence-electron chi connectivity index (χ1n) is 5.50. The van der Waals surface area contributed by atoms with Gasteiger partial charge in [-0.05, 0) is 17.7 Å². The smallest absolute Gasteiger partial charge is 0.331 e. The molecule has 1 aromatic heterocycles. The van der Waals surface area contributed by atoms with E-state index in [0.717, 1.165) is 12.1 Å². The summed E-state index contributed by atoms with van der Waals surface area (Å²) in [6.45, 7) is -0.607. The average molecular weight is 279 g/mol. The van der Waals surface area contributed by atoms with E-state index in [4.69, 9.17) is 5.73 Å². The number of hydrogen-bond acceptors (Lipinski definition) is 4. The van der Waals surface area contributed by atoms with Crippen molar-refractivity contribution in [3.05, 3.63) is 50.9 Å². The van der Waals surface area contributed by atoms with Gasteiger partial charge in [-0.25, -0.2) is 9.18 Å². The molecule has 1 aromatic carbocycles. The van der Waals surface area contributed by atoms with Crippen molar-refractivity contribution in [3.63, 3.8) is 0 Å². The molecule has 0 aliphatic heterocycles. The molecule has 2 rings (SSSR count). The third-order valence-corrected chi connectivity index (χ3v) is 2.60. The molecule has 1 heterocycles. The third-order valence-electron chi connectivity index (χ3n) is 2.60. The van der Waals surface area contributed by atoms with Crippen molar-refractivity contribution in [2.45, 2.75) is 6.54 Å². The van der Waals surface area contributed by atoms with Crippen LogP contribution in [0.4, 0.5) is 4.39 Å². The highest BCUT2D eigenvalue weighted by atomic mass is 19.1. The molecular weight excluding hydrogens is 269 g/mol. The number of carbonyl (C=O) groups is 1. The second kappa shape index (κ2) is 5.00. The zero-order valence-corrected chi connectivity index (χ0v) is 10.1. The van der Waals surface area contributed by atoms with Gasteiger partial charge < -0.3 is 10.8 Å². The number of nitrogens with zero attached hydrogens (tertiary/aromatic N) is 1. The fraction of sp³-hybridized carbons (Fsp3) is 0.0833. The molecule has 8 heteroatoms. The molecule has 2 aromatic rings. The number of primary amides is 1. The fourth-order valence-electron chi connectivity index (χ4n) is 1.77. The van der Waals surface area contributed by atoms with E-state index < -0.39 is 35.4 Å². The van der Waals surface area contributed by atoms with Crippen LogP contribution in [0.15, 0.2) is 33.9 Å². The number of rotatable bonds is 3. The largest absolute Gasteiger partial charge is 0.494 e. The molecule has 0 unspecified atom stereocenters. The quantitative estimate of drug-likeness (QED) is 0.704. The summed E-state index contributed by atoms with van der Waals surface area (Å²) in [4.78, 5) is 36.0. The molecule has 0 aliphatic rings. The number of amides is 1. The Kier molecular flexibility index (Phi) is 3.38. The Bertz CT molecular complexity index is 794. The number of carbonyl (C=O) groups excluding carboxylic acids is 1. The highest BCUT2D eigenvalue weighted by Crippen LogP contribution is 2.24. The predicted octanol–water partition coefficient (Wildman–Crippen LogP) is -0.466. The minimum atomic E-state index is -0.980. The van der Waals surface area contributed by atoms with E-state index in [-0.39, 0.29) is 11.1 Å². The van der Waals surface area contributed by atoms with Crippen LogP contribution in [0.25, 0.3) is 11.1 Å². The fourth-order valence-corrected chi connectivity index (χ4v) is 1.77. The maximum atomic E-state index is 13.2. The van der Waals surface area contributed by atoms with Gasteiger partial charge in [0.2, 0.25) is 11.8 Å². The number of hydrogen-bond donors (Lipinski definition) is 3. The van der Waals surface area contributed by atoms with Crippen LogP contribution in [0.5, 0.6) is 5.88 Å². The summed E-state index contributed by atoms with van der Waals surface area (Å²) in [5, 5.41) is 9.96. The van der Waals surface area contributed by atoms with Gasteiger partial charge in [0.05, 0.1) is 0 Å². The zero-order chi connectivity index (χ0) is 14.9. The van der Waals surface area contributed by atoms with Crippen molar-refractivity contribution in [1.82, 2.24) is 9.55 Å². The zero-order valence-electron chi connectivity index (χ0n) is 10.1. The van der Waals surface area contributed by atoms with E-state index in [2.05, 4.69) is 0 Å². The second-order valence-corrected chi connectivity index (χ2v) is 4.02. The lowest BCUT2D eigenvalue weighted by atomic mass is 10.1. The number of nitrogens with one attached hydrogen (secondary N) is 1. The van der Waals surface area contributed by atoms with Crippen molar-refractivity contribution in [1.29, 1.82) is 0 Å². The molecule has 0 spiro atoms. The summed E-state index contributed by atoms with van der Waals surface area (Å²) in [7, 11) is 0. The average Bonchev–Trinajstić information content (AvgIpc) is 2.34. The van der Waals surface area contributed by atoms with Crippen LogP contribution in [-0.2, 0) is 11.3 Å². The Labute approximate surface area is 111 Å². The number of halogens is 1. The summed E-state index contributed by atoms with van der Waals surface area (Å²) >= 11 is 0. The minimum absolute atomic E-state index is 0.0713. The molecule has 0 saturated carbocycles. The number of H-pyrrole nitrogens is 1. The molecular formula is C12H10FN3O4. The van der Waals surface area contributed by atoms with Gasteiger partial charge in [0.1, 0.15) is 17.9 Å². The van der Waals surface area contributed by atoms with Gasteiger partial charge in [0.15, 0.2) is 0 Å². The molecule has 0 atom stereocenters. The molecule has 4 N–H and O–H groups in total. The van der Waals surface area contributed by atoms with E-state index in [1.54, 1.807) is 0 Å². The molecule has 1 amide bonds. The Balaban J connectivity index is 2.74. The van der Waals surface area contributed by atoms with Gasteiger partial charge in [-0.3, -0.25) is 19.1 Å². The maximum Gasteiger partial charge on any atom is 0.331 e. The van der Waals surface area contributed by atoms with E-state index >= 15 is 0 Å². The highest BCUT2D eigenvalue weighted by Gasteiger charge is 2.17. The van der Waals surface area contributed by atoms with Crippen molar-refractivity contribution >= 4 is 5.91 Å². The van der Waals surface area contributed by atoms with Crippen LogP contribution >= 0.6 is 0 Å². The van der Waals surface area contributed by atoms with Gasteiger partial charge in [-0.15, -0.1) is 0 Å². The van der Waals surface area contributed by atoms with E-state index in [1.165, 1.54) is 12.1 Å². The second-order valence-electron chi connectivity index (χ2n) is 4.02. The summed E-state index contributed by atoms with van der Waals surface area (Å²) < 4.78 is 13.8. The molecule has 0 aliphatic carbocycles. The maximum absolute atomic E-state index is 13.2. The standard InChI is InChI=1S/C12H10FN3O4/c13-7-3-1-2-6(4-7)9-10(18)15-12(20)16(11(9)19)5-8(14)17/h1-4,19H,5H2,(H2,14,17)(H,15,18,20). The lowest BCUT2D eigenvalue weighted by Gasteiger charge is -2.09. The van der Waals surface area contributed by atoms with Gasteiger partial charge >= 0.3 is 5.69 Å². The van der Waals surface area contributed by atoms with Gasteiger partial charge in [0.25, 0.3) is 5.56 Å².